The third kappa shape index (κ3) is 6.83. The Morgan fingerprint density at radius 1 is 1.12 bits per heavy atom. The summed E-state index contributed by atoms with van der Waals surface area (Å²) in [6, 6.07) is 6.76. The molecule has 0 bridgehead atoms. The molecule has 1 fully saturated rings. The van der Waals surface area contributed by atoms with E-state index in [2.05, 4.69) is 37.5 Å². The predicted molar refractivity (Wildman–Crippen MR) is 129 cm³/mol. The van der Waals surface area contributed by atoms with Crippen molar-refractivity contribution in [3.05, 3.63) is 65.0 Å². The third-order valence-electron chi connectivity index (χ3n) is 6.70. The number of aliphatic hydroxyl groups is 1. The van der Waals surface area contributed by atoms with Gasteiger partial charge in [-0.1, -0.05) is 40.0 Å². The second-order valence-electron chi connectivity index (χ2n) is 10.6. The molecule has 2 aromatic rings. The van der Waals surface area contributed by atoms with Crippen LogP contribution in [-0.4, -0.2) is 34.7 Å². The Balaban J connectivity index is 1.80. The lowest BCUT2D eigenvalue weighted by molar-refractivity contribution is -0.120. The van der Waals surface area contributed by atoms with Crippen molar-refractivity contribution in [2.24, 2.45) is 0 Å². The minimum absolute atomic E-state index is 0.0101. The molecule has 1 heterocycles. The molecule has 0 radical (unpaired) electrons. The Hall–Kier alpha value is -2.38. The second kappa shape index (κ2) is 10.9. The van der Waals surface area contributed by atoms with E-state index in [1.165, 1.54) is 24.6 Å². The molecule has 7 heteroatoms. The van der Waals surface area contributed by atoms with Crippen molar-refractivity contribution in [3.8, 4) is 0 Å². The zero-order valence-corrected chi connectivity index (χ0v) is 20.6. The van der Waals surface area contributed by atoms with Crippen LogP contribution >= 0.6 is 0 Å². The Bertz CT molecular complexity index is 964. The van der Waals surface area contributed by atoms with E-state index in [0.717, 1.165) is 43.9 Å². The number of benzene rings is 1. The van der Waals surface area contributed by atoms with Gasteiger partial charge < -0.3 is 15.7 Å². The fourth-order valence-corrected chi connectivity index (χ4v) is 4.81. The Kier molecular flexibility index (Phi) is 8.42. The zero-order valence-electron chi connectivity index (χ0n) is 20.6. The number of pyridine rings is 1. The molecule has 0 spiro atoms. The molecular formula is C27H37F2N3O2. The molecule has 1 aliphatic rings. The number of carbonyl (C=O) groups excluding carboxylic acids is 1. The van der Waals surface area contributed by atoms with Gasteiger partial charge in [0.15, 0.2) is 0 Å². The quantitative estimate of drug-likeness (QED) is 0.527. The maximum absolute atomic E-state index is 13.7. The molecule has 0 saturated heterocycles. The van der Waals surface area contributed by atoms with Gasteiger partial charge in [-0.15, -0.1) is 0 Å². The zero-order chi connectivity index (χ0) is 24.9. The van der Waals surface area contributed by atoms with Crippen LogP contribution in [0.3, 0.4) is 0 Å². The highest BCUT2D eigenvalue weighted by Crippen LogP contribution is 2.37. The molecule has 3 rings (SSSR count). The second-order valence-corrected chi connectivity index (χ2v) is 10.6. The number of amides is 1. The van der Waals surface area contributed by atoms with Crippen LogP contribution in [0.15, 0.2) is 36.5 Å². The van der Waals surface area contributed by atoms with Gasteiger partial charge in [-0.3, -0.25) is 9.78 Å². The molecule has 1 saturated carbocycles. The van der Waals surface area contributed by atoms with E-state index >= 15 is 0 Å². The summed E-state index contributed by atoms with van der Waals surface area (Å²) in [6.07, 6.45) is 6.08. The molecule has 2 atom stereocenters. The maximum atomic E-state index is 13.7. The summed E-state index contributed by atoms with van der Waals surface area (Å²) in [5.41, 5.74) is 2.17. The summed E-state index contributed by atoms with van der Waals surface area (Å²) in [5.74, 6) is -1.68. The van der Waals surface area contributed by atoms with Crippen molar-refractivity contribution in [1.29, 1.82) is 0 Å². The average molecular weight is 474 g/mol. The lowest BCUT2D eigenvalue weighted by Gasteiger charge is -2.40. The van der Waals surface area contributed by atoms with Gasteiger partial charge in [0, 0.05) is 25.7 Å². The highest BCUT2D eigenvalue weighted by atomic mass is 19.1. The van der Waals surface area contributed by atoms with E-state index in [4.69, 9.17) is 4.98 Å². The standard InChI is InChI=1S/C27H37F2N3O2/c1-18(33)32-23(14-19-12-21(28)16-22(29)13-19)24(34)17-31-27(9-6-5-7-10-27)25-15-20(8-11-30-25)26(2,3)4/h8,11-13,15-16,23-24,31,34H,5-7,9-10,14,17H2,1-4H3,(H,32,33). The molecule has 1 aromatic carbocycles. The molecule has 1 aliphatic carbocycles. The monoisotopic (exact) mass is 473 g/mol. The number of hydrogen-bond acceptors (Lipinski definition) is 4. The largest absolute Gasteiger partial charge is 0.390 e. The highest BCUT2D eigenvalue weighted by Gasteiger charge is 2.36. The summed E-state index contributed by atoms with van der Waals surface area (Å²) in [6.45, 7) is 8.09. The molecule has 34 heavy (non-hydrogen) atoms. The van der Waals surface area contributed by atoms with E-state index in [9.17, 15) is 18.7 Å². The fraction of sp³-hybridized carbons (Fsp3) is 0.556. The van der Waals surface area contributed by atoms with Gasteiger partial charge in [0.25, 0.3) is 0 Å². The van der Waals surface area contributed by atoms with Crippen molar-refractivity contribution in [2.45, 2.75) is 89.3 Å². The lowest BCUT2D eigenvalue weighted by Crippen LogP contribution is -2.53. The molecular weight excluding hydrogens is 436 g/mol. The summed E-state index contributed by atoms with van der Waals surface area (Å²) in [5, 5.41) is 17.4. The first-order valence-corrected chi connectivity index (χ1v) is 12.1. The highest BCUT2D eigenvalue weighted by molar-refractivity contribution is 5.73. The van der Waals surface area contributed by atoms with Crippen molar-refractivity contribution < 1.29 is 18.7 Å². The first-order chi connectivity index (χ1) is 16.0. The lowest BCUT2D eigenvalue weighted by atomic mass is 9.77. The molecule has 2 unspecified atom stereocenters. The van der Waals surface area contributed by atoms with E-state index in [1.807, 2.05) is 12.3 Å². The van der Waals surface area contributed by atoms with Gasteiger partial charge in [-0.05, 0) is 60.1 Å². The van der Waals surface area contributed by atoms with Crippen molar-refractivity contribution in [3.63, 3.8) is 0 Å². The molecule has 1 aromatic heterocycles. The molecule has 1 amide bonds. The van der Waals surface area contributed by atoms with Crippen molar-refractivity contribution >= 4 is 5.91 Å². The number of nitrogens with one attached hydrogen (secondary N) is 2. The molecule has 0 aliphatic heterocycles. The first-order valence-electron chi connectivity index (χ1n) is 12.1. The van der Waals surface area contributed by atoms with E-state index in [0.29, 0.717) is 5.56 Å². The van der Waals surface area contributed by atoms with Gasteiger partial charge in [0.05, 0.1) is 23.4 Å². The number of rotatable bonds is 8. The Morgan fingerprint density at radius 3 is 2.35 bits per heavy atom. The van der Waals surface area contributed by atoms with Crippen LogP contribution in [0.1, 0.15) is 76.6 Å². The molecule has 5 nitrogen and oxygen atoms in total. The maximum Gasteiger partial charge on any atom is 0.217 e. The summed E-state index contributed by atoms with van der Waals surface area (Å²) < 4.78 is 27.4. The third-order valence-corrected chi connectivity index (χ3v) is 6.70. The molecule has 3 N–H and O–H groups in total. The number of aromatic nitrogens is 1. The van der Waals surface area contributed by atoms with Crippen LogP contribution in [0.5, 0.6) is 0 Å². The SMILES string of the molecule is CC(=O)NC(Cc1cc(F)cc(F)c1)C(O)CNC1(c2cc(C(C)(C)C)ccn2)CCCCC1. The first kappa shape index (κ1) is 26.2. The van der Waals surface area contributed by atoms with Crippen LogP contribution < -0.4 is 10.6 Å². The Morgan fingerprint density at radius 2 is 1.76 bits per heavy atom. The van der Waals surface area contributed by atoms with Crippen LogP contribution in [0.25, 0.3) is 0 Å². The average Bonchev–Trinajstić information content (AvgIpc) is 2.76. The Labute approximate surface area is 201 Å². The fourth-order valence-electron chi connectivity index (χ4n) is 4.81. The number of aliphatic hydroxyl groups excluding tert-OH is 1. The van der Waals surface area contributed by atoms with E-state index in [-0.39, 0.29) is 29.8 Å². The van der Waals surface area contributed by atoms with Gasteiger partial charge in [0.2, 0.25) is 5.91 Å². The topological polar surface area (TPSA) is 74.2 Å². The van der Waals surface area contributed by atoms with E-state index in [1.54, 1.807) is 0 Å². The summed E-state index contributed by atoms with van der Waals surface area (Å²) in [4.78, 5) is 16.5. The molecule has 186 valence electrons. The van der Waals surface area contributed by atoms with Crippen LogP contribution in [0.4, 0.5) is 8.78 Å². The number of nitrogens with zero attached hydrogens (tertiary/aromatic N) is 1. The normalized spacial score (nSPS) is 17.7. The predicted octanol–water partition coefficient (Wildman–Crippen LogP) is 4.51. The van der Waals surface area contributed by atoms with Crippen LogP contribution in [0.2, 0.25) is 0 Å². The van der Waals surface area contributed by atoms with Crippen molar-refractivity contribution in [2.75, 3.05) is 6.54 Å². The minimum atomic E-state index is -0.958. The van der Waals surface area contributed by atoms with Gasteiger partial charge in [-0.2, -0.15) is 0 Å². The van der Waals surface area contributed by atoms with Gasteiger partial charge in [0.1, 0.15) is 11.6 Å². The van der Waals surface area contributed by atoms with Crippen LogP contribution in [-0.2, 0) is 22.2 Å². The van der Waals surface area contributed by atoms with Crippen molar-refractivity contribution in [1.82, 2.24) is 15.6 Å². The number of carbonyl (C=O) groups is 1. The van der Waals surface area contributed by atoms with Crippen LogP contribution in [0, 0.1) is 11.6 Å². The summed E-state index contributed by atoms with van der Waals surface area (Å²) >= 11 is 0. The minimum Gasteiger partial charge on any atom is -0.390 e. The van der Waals surface area contributed by atoms with Gasteiger partial charge >= 0.3 is 0 Å². The van der Waals surface area contributed by atoms with E-state index < -0.39 is 23.8 Å². The number of hydrogen-bond donors (Lipinski definition) is 3. The summed E-state index contributed by atoms with van der Waals surface area (Å²) in [7, 11) is 0. The number of halogens is 2. The van der Waals surface area contributed by atoms with Gasteiger partial charge in [-0.25, -0.2) is 8.78 Å². The smallest absolute Gasteiger partial charge is 0.217 e.